The van der Waals surface area contributed by atoms with E-state index < -0.39 is 0 Å². The van der Waals surface area contributed by atoms with Gasteiger partial charge in [-0.25, -0.2) is 4.98 Å². The van der Waals surface area contributed by atoms with Gasteiger partial charge in [0.2, 0.25) is 5.91 Å². The molecule has 3 heterocycles. The predicted octanol–water partition coefficient (Wildman–Crippen LogP) is 2.47. The number of rotatable bonds is 8. The summed E-state index contributed by atoms with van der Waals surface area (Å²) in [5.74, 6) is 0.347. The van der Waals surface area contributed by atoms with Gasteiger partial charge in [-0.2, -0.15) is 0 Å². The topological polar surface area (TPSA) is 83.6 Å². The molecule has 1 aliphatic rings. The number of hydrogen-bond donors (Lipinski definition) is 2. The molecule has 1 fully saturated rings. The highest BCUT2D eigenvalue weighted by Gasteiger charge is 2.21. The van der Waals surface area contributed by atoms with Crippen molar-refractivity contribution in [2.24, 2.45) is 5.92 Å². The number of aromatic nitrogens is 1. The highest BCUT2D eigenvalue weighted by atomic mass is 32.1. The number of nitrogens with one attached hydrogen (secondary N) is 2. The predicted molar refractivity (Wildman–Crippen MR) is 112 cm³/mol. The van der Waals surface area contributed by atoms with Crippen LogP contribution in [0.5, 0.6) is 0 Å². The van der Waals surface area contributed by atoms with Crippen LogP contribution in [0.1, 0.15) is 29.2 Å². The van der Waals surface area contributed by atoms with Crippen molar-refractivity contribution in [3.63, 3.8) is 0 Å². The van der Waals surface area contributed by atoms with E-state index in [0.717, 1.165) is 19.6 Å². The van der Waals surface area contributed by atoms with Crippen molar-refractivity contribution in [3.8, 4) is 0 Å². The lowest BCUT2D eigenvalue weighted by Gasteiger charge is -2.33. The lowest BCUT2D eigenvalue weighted by Crippen LogP contribution is -2.48. The molecule has 0 bridgehead atoms. The fourth-order valence-corrected chi connectivity index (χ4v) is 4.38. The molecular formula is C19H26N4O3S2. The Morgan fingerprint density at radius 1 is 1.39 bits per heavy atom. The Labute approximate surface area is 173 Å². The first-order valence-corrected chi connectivity index (χ1v) is 11.2. The number of thiophene rings is 1. The second-order valence-electron chi connectivity index (χ2n) is 7.20. The molecule has 2 aromatic rings. The van der Waals surface area contributed by atoms with Crippen molar-refractivity contribution in [1.29, 1.82) is 0 Å². The second-order valence-corrected chi connectivity index (χ2v) is 9.01. The Kier molecular flexibility index (Phi) is 7.55. The highest BCUT2D eigenvalue weighted by Crippen LogP contribution is 2.18. The van der Waals surface area contributed by atoms with Crippen LogP contribution in [0.25, 0.3) is 0 Å². The quantitative estimate of drug-likeness (QED) is 0.683. The van der Waals surface area contributed by atoms with Crippen molar-refractivity contribution in [3.05, 3.63) is 33.5 Å². The van der Waals surface area contributed by atoms with E-state index in [9.17, 15) is 9.59 Å². The molecule has 28 heavy (non-hydrogen) atoms. The Bertz CT molecular complexity index is 776. The van der Waals surface area contributed by atoms with E-state index in [1.165, 1.54) is 22.7 Å². The van der Waals surface area contributed by atoms with Gasteiger partial charge in [0.1, 0.15) is 0 Å². The normalized spacial score (nSPS) is 17.6. The molecule has 2 amide bonds. The number of hydrogen-bond acceptors (Lipinski definition) is 7. The molecule has 1 saturated heterocycles. The molecule has 1 unspecified atom stereocenters. The second kappa shape index (κ2) is 10.1. The summed E-state index contributed by atoms with van der Waals surface area (Å²) >= 11 is 2.70. The SMILES string of the molecule is CC(C)CN1CCOC(CNC(=O)Cc2csc(NC(=O)c3cccs3)n2)C1. The molecule has 152 valence electrons. The van der Waals surface area contributed by atoms with E-state index in [-0.39, 0.29) is 24.3 Å². The Morgan fingerprint density at radius 3 is 3.00 bits per heavy atom. The van der Waals surface area contributed by atoms with Gasteiger partial charge in [-0.15, -0.1) is 22.7 Å². The van der Waals surface area contributed by atoms with Gasteiger partial charge in [0, 0.05) is 31.6 Å². The molecule has 2 N–H and O–H groups in total. The first-order chi connectivity index (χ1) is 13.5. The first-order valence-electron chi connectivity index (χ1n) is 9.39. The maximum atomic E-state index is 12.2. The zero-order valence-corrected chi connectivity index (χ0v) is 17.8. The van der Waals surface area contributed by atoms with Gasteiger partial charge in [0.15, 0.2) is 5.13 Å². The zero-order valence-electron chi connectivity index (χ0n) is 16.1. The minimum Gasteiger partial charge on any atom is -0.374 e. The van der Waals surface area contributed by atoms with Crippen LogP contribution >= 0.6 is 22.7 Å². The monoisotopic (exact) mass is 422 g/mol. The zero-order chi connectivity index (χ0) is 19.9. The van der Waals surface area contributed by atoms with Crippen molar-refractivity contribution >= 4 is 39.6 Å². The van der Waals surface area contributed by atoms with Gasteiger partial charge in [0.25, 0.3) is 5.91 Å². The lowest BCUT2D eigenvalue weighted by atomic mass is 10.2. The summed E-state index contributed by atoms with van der Waals surface area (Å²) in [5, 5.41) is 9.85. The molecule has 2 aromatic heterocycles. The standard InChI is InChI=1S/C19H26N4O3S2/c1-13(2)10-23-5-6-26-15(11-23)9-20-17(24)8-14-12-28-19(21-14)22-18(25)16-4-3-7-27-16/h3-4,7,12-13,15H,5-6,8-11H2,1-2H3,(H,20,24)(H,21,22,25). The van der Waals surface area contributed by atoms with Crippen LogP contribution < -0.4 is 10.6 Å². The van der Waals surface area contributed by atoms with Gasteiger partial charge in [-0.3, -0.25) is 19.8 Å². The van der Waals surface area contributed by atoms with Gasteiger partial charge in [-0.05, 0) is 17.4 Å². The molecule has 3 rings (SSSR count). The molecule has 0 saturated carbocycles. The van der Waals surface area contributed by atoms with E-state index >= 15 is 0 Å². The number of anilines is 1. The van der Waals surface area contributed by atoms with E-state index in [1.807, 2.05) is 11.4 Å². The molecule has 1 aliphatic heterocycles. The summed E-state index contributed by atoms with van der Waals surface area (Å²) in [6.45, 7) is 8.45. The highest BCUT2D eigenvalue weighted by molar-refractivity contribution is 7.14. The minimum absolute atomic E-state index is 0.0209. The molecule has 9 heteroatoms. The summed E-state index contributed by atoms with van der Waals surface area (Å²) in [7, 11) is 0. The number of amides is 2. The molecule has 0 aliphatic carbocycles. The summed E-state index contributed by atoms with van der Waals surface area (Å²) < 4.78 is 5.76. The molecule has 0 radical (unpaired) electrons. The number of nitrogens with zero attached hydrogens (tertiary/aromatic N) is 2. The minimum atomic E-state index is -0.180. The third kappa shape index (κ3) is 6.37. The number of ether oxygens (including phenoxy) is 1. The lowest BCUT2D eigenvalue weighted by molar-refractivity contribution is -0.121. The van der Waals surface area contributed by atoms with Gasteiger partial charge < -0.3 is 10.1 Å². The van der Waals surface area contributed by atoms with Crippen LogP contribution in [0.3, 0.4) is 0 Å². The van der Waals surface area contributed by atoms with Crippen molar-refractivity contribution in [1.82, 2.24) is 15.2 Å². The number of carbonyl (C=O) groups excluding carboxylic acids is 2. The summed E-state index contributed by atoms with van der Waals surface area (Å²) in [6.07, 6.45) is 0.209. The summed E-state index contributed by atoms with van der Waals surface area (Å²) in [5.41, 5.74) is 0.648. The fraction of sp³-hybridized carbons (Fsp3) is 0.526. The Balaban J connectivity index is 1.41. The van der Waals surface area contributed by atoms with Crippen LogP contribution in [0.4, 0.5) is 5.13 Å². The van der Waals surface area contributed by atoms with Crippen LogP contribution in [0, 0.1) is 5.92 Å². The number of morpholine rings is 1. The third-order valence-corrected chi connectivity index (χ3v) is 5.91. The van der Waals surface area contributed by atoms with Crippen LogP contribution in [0.2, 0.25) is 0 Å². The van der Waals surface area contributed by atoms with Gasteiger partial charge >= 0.3 is 0 Å². The Hall–Kier alpha value is -1.81. The maximum Gasteiger partial charge on any atom is 0.267 e. The molecule has 0 spiro atoms. The van der Waals surface area contributed by atoms with Crippen LogP contribution in [0.15, 0.2) is 22.9 Å². The van der Waals surface area contributed by atoms with E-state index in [1.54, 1.807) is 11.4 Å². The average molecular weight is 423 g/mol. The maximum absolute atomic E-state index is 12.2. The van der Waals surface area contributed by atoms with E-state index in [0.29, 0.717) is 34.8 Å². The number of carbonyl (C=O) groups is 2. The van der Waals surface area contributed by atoms with Gasteiger partial charge in [-0.1, -0.05) is 19.9 Å². The Morgan fingerprint density at radius 2 is 2.25 bits per heavy atom. The van der Waals surface area contributed by atoms with Crippen molar-refractivity contribution < 1.29 is 14.3 Å². The van der Waals surface area contributed by atoms with Gasteiger partial charge in [0.05, 0.1) is 29.7 Å². The third-order valence-electron chi connectivity index (χ3n) is 4.23. The smallest absolute Gasteiger partial charge is 0.267 e. The summed E-state index contributed by atoms with van der Waals surface area (Å²) in [6, 6.07) is 3.59. The largest absolute Gasteiger partial charge is 0.374 e. The van der Waals surface area contributed by atoms with Crippen molar-refractivity contribution in [2.75, 3.05) is 38.1 Å². The summed E-state index contributed by atoms with van der Waals surface area (Å²) in [4.78, 5) is 31.6. The molecular weight excluding hydrogens is 396 g/mol. The number of thiazole rings is 1. The van der Waals surface area contributed by atoms with E-state index in [4.69, 9.17) is 4.74 Å². The molecule has 7 nitrogen and oxygen atoms in total. The first kappa shape index (κ1) is 20.9. The van der Waals surface area contributed by atoms with Crippen molar-refractivity contribution in [2.45, 2.75) is 26.4 Å². The molecule has 0 aromatic carbocycles. The van der Waals surface area contributed by atoms with E-state index in [2.05, 4.69) is 34.4 Å². The average Bonchev–Trinajstić information content (AvgIpc) is 3.32. The van der Waals surface area contributed by atoms with Crippen LogP contribution in [-0.2, 0) is 16.0 Å². The molecule has 1 atom stereocenters. The fourth-order valence-electron chi connectivity index (χ4n) is 3.05. The van der Waals surface area contributed by atoms with Crippen LogP contribution in [-0.4, -0.2) is 60.6 Å².